The van der Waals surface area contributed by atoms with E-state index in [2.05, 4.69) is 25.7 Å². The van der Waals surface area contributed by atoms with E-state index in [1.807, 2.05) is 18.2 Å². The van der Waals surface area contributed by atoms with Gasteiger partial charge in [0.2, 0.25) is 11.7 Å². The lowest BCUT2D eigenvalue weighted by Gasteiger charge is -2.09. The first-order chi connectivity index (χ1) is 13.1. The number of anilines is 1. The molecular weight excluding hydrogens is 350 g/mol. The molecule has 3 rings (SSSR count). The number of hydrogen-bond acceptors (Lipinski definition) is 8. The van der Waals surface area contributed by atoms with Crippen molar-refractivity contribution >= 4 is 12.2 Å². The van der Waals surface area contributed by atoms with Gasteiger partial charge >= 0.3 is 0 Å². The van der Waals surface area contributed by atoms with Gasteiger partial charge < -0.3 is 14.6 Å². The highest BCUT2D eigenvalue weighted by Crippen LogP contribution is 2.36. The minimum absolute atomic E-state index is 0.0913. The number of aromatic nitrogens is 3. The van der Waals surface area contributed by atoms with Gasteiger partial charge in [0, 0.05) is 11.1 Å². The molecule has 138 valence electrons. The molecule has 2 aromatic carbocycles. The summed E-state index contributed by atoms with van der Waals surface area (Å²) in [5, 5.41) is 21.7. The van der Waals surface area contributed by atoms with Gasteiger partial charge in [-0.25, -0.2) is 5.43 Å². The average molecular weight is 367 g/mol. The maximum atomic E-state index is 12.2. The molecule has 0 spiro atoms. The highest BCUT2D eigenvalue weighted by Gasteiger charge is 2.10. The van der Waals surface area contributed by atoms with Crippen molar-refractivity contribution in [2.24, 2.45) is 5.10 Å². The molecule has 3 aromatic rings. The topological polar surface area (TPSA) is 122 Å². The summed E-state index contributed by atoms with van der Waals surface area (Å²) in [5.41, 5.74) is 3.70. The molecule has 3 N–H and O–H groups in total. The van der Waals surface area contributed by atoms with Crippen LogP contribution in [-0.2, 0) is 0 Å². The van der Waals surface area contributed by atoms with Crippen molar-refractivity contribution < 1.29 is 14.6 Å². The molecule has 0 aliphatic heterocycles. The summed E-state index contributed by atoms with van der Waals surface area (Å²) >= 11 is 0. The van der Waals surface area contributed by atoms with Crippen molar-refractivity contribution in [3.8, 4) is 28.5 Å². The van der Waals surface area contributed by atoms with Gasteiger partial charge in [0.05, 0.1) is 20.4 Å². The first kappa shape index (κ1) is 17.9. The molecule has 27 heavy (non-hydrogen) atoms. The Bertz CT molecular complexity index is 993. The molecule has 0 aliphatic rings. The SMILES string of the molecule is COc1cc(C=NNc2nnc(-c3ccccc3)c(=O)[nH]2)cc(OC)c1O. The molecule has 1 heterocycles. The van der Waals surface area contributed by atoms with Crippen LogP contribution in [0.3, 0.4) is 0 Å². The number of phenolic OH excluding ortho intramolecular Hbond substituents is 1. The maximum Gasteiger partial charge on any atom is 0.279 e. The lowest BCUT2D eigenvalue weighted by Crippen LogP contribution is -2.15. The normalized spacial score (nSPS) is 10.7. The number of benzene rings is 2. The maximum absolute atomic E-state index is 12.2. The number of aromatic amines is 1. The van der Waals surface area contributed by atoms with Crippen molar-refractivity contribution in [1.82, 2.24) is 15.2 Å². The van der Waals surface area contributed by atoms with Crippen LogP contribution in [0, 0.1) is 0 Å². The summed E-state index contributed by atoms with van der Waals surface area (Å²) < 4.78 is 10.2. The molecule has 0 saturated heterocycles. The number of nitrogens with zero attached hydrogens (tertiary/aromatic N) is 3. The molecule has 0 radical (unpaired) electrons. The summed E-state index contributed by atoms with van der Waals surface area (Å²) in [6.07, 6.45) is 1.45. The number of phenols is 1. The fourth-order valence-electron chi connectivity index (χ4n) is 2.33. The van der Waals surface area contributed by atoms with Crippen LogP contribution >= 0.6 is 0 Å². The van der Waals surface area contributed by atoms with Crippen LogP contribution in [0.2, 0.25) is 0 Å². The molecule has 0 saturated carbocycles. The summed E-state index contributed by atoms with van der Waals surface area (Å²) in [6, 6.07) is 12.2. The van der Waals surface area contributed by atoms with E-state index in [0.717, 1.165) is 0 Å². The molecule has 0 atom stereocenters. The van der Waals surface area contributed by atoms with Gasteiger partial charge in [0.15, 0.2) is 17.2 Å². The lowest BCUT2D eigenvalue weighted by atomic mass is 10.2. The number of methoxy groups -OCH3 is 2. The van der Waals surface area contributed by atoms with Crippen LogP contribution < -0.4 is 20.5 Å². The molecular formula is C18H17N5O4. The van der Waals surface area contributed by atoms with Gasteiger partial charge in [-0.15, -0.1) is 10.2 Å². The number of ether oxygens (including phenoxy) is 2. The molecule has 9 heteroatoms. The molecule has 0 bridgehead atoms. The third kappa shape index (κ3) is 4.03. The average Bonchev–Trinajstić information content (AvgIpc) is 2.69. The Hall–Kier alpha value is -3.88. The fraction of sp³-hybridized carbons (Fsp3) is 0.111. The zero-order valence-corrected chi connectivity index (χ0v) is 14.6. The Labute approximate surface area is 154 Å². The van der Waals surface area contributed by atoms with Crippen LogP contribution in [-0.4, -0.2) is 40.7 Å². The van der Waals surface area contributed by atoms with E-state index in [1.54, 1.807) is 24.3 Å². The Morgan fingerprint density at radius 3 is 2.37 bits per heavy atom. The van der Waals surface area contributed by atoms with Gasteiger partial charge in [-0.1, -0.05) is 30.3 Å². The van der Waals surface area contributed by atoms with Crippen molar-refractivity contribution in [2.45, 2.75) is 0 Å². The van der Waals surface area contributed by atoms with Crippen molar-refractivity contribution in [3.63, 3.8) is 0 Å². The second kappa shape index (κ2) is 8.00. The zero-order valence-electron chi connectivity index (χ0n) is 14.6. The number of H-pyrrole nitrogens is 1. The Balaban J connectivity index is 1.77. The second-order valence-corrected chi connectivity index (χ2v) is 5.36. The van der Waals surface area contributed by atoms with Crippen LogP contribution in [0.15, 0.2) is 52.4 Å². The van der Waals surface area contributed by atoms with Crippen LogP contribution in [0.25, 0.3) is 11.3 Å². The van der Waals surface area contributed by atoms with E-state index in [1.165, 1.54) is 20.4 Å². The van der Waals surface area contributed by atoms with E-state index < -0.39 is 0 Å². The monoisotopic (exact) mass is 367 g/mol. The van der Waals surface area contributed by atoms with Crippen LogP contribution in [0.5, 0.6) is 17.2 Å². The lowest BCUT2D eigenvalue weighted by molar-refractivity contribution is 0.340. The molecule has 9 nitrogen and oxygen atoms in total. The quantitative estimate of drug-likeness (QED) is 0.450. The number of rotatable bonds is 6. The number of hydrogen-bond donors (Lipinski definition) is 3. The van der Waals surface area contributed by atoms with E-state index in [4.69, 9.17) is 9.47 Å². The summed E-state index contributed by atoms with van der Waals surface area (Å²) in [6.45, 7) is 0. The summed E-state index contributed by atoms with van der Waals surface area (Å²) in [7, 11) is 2.87. The van der Waals surface area contributed by atoms with E-state index in [-0.39, 0.29) is 34.5 Å². The third-order valence-corrected chi connectivity index (χ3v) is 3.63. The third-order valence-electron chi connectivity index (χ3n) is 3.63. The Kier molecular flexibility index (Phi) is 5.31. The standard InChI is InChI=1S/C18H17N5O4/c1-26-13-8-11(9-14(27-2)16(13)24)10-19-22-18-20-17(25)15(21-23-18)12-6-4-3-5-7-12/h3-10,24H,1-2H3,(H2,20,22,23,25). The Morgan fingerprint density at radius 1 is 1.11 bits per heavy atom. The number of hydrazone groups is 1. The minimum atomic E-state index is -0.387. The largest absolute Gasteiger partial charge is 0.502 e. The summed E-state index contributed by atoms with van der Waals surface area (Å²) in [5.74, 6) is 0.484. The van der Waals surface area contributed by atoms with Crippen molar-refractivity contribution in [3.05, 3.63) is 58.4 Å². The predicted molar refractivity (Wildman–Crippen MR) is 101 cm³/mol. The van der Waals surface area contributed by atoms with Crippen LogP contribution in [0.4, 0.5) is 5.95 Å². The predicted octanol–water partition coefficient (Wildman–Crippen LogP) is 2.00. The minimum Gasteiger partial charge on any atom is -0.502 e. The van der Waals surface area contributed by atoms with Gasteiger partial charge in [-0.2, -0.15) is 5.10 Å². The van der Waals surface area contributed by atoms with E-state index in [9.17, 15) is 9.90 Å². The van der Waals surface area contributed by atoms with E-state index >= 15 is 0 Å². The zero-order chi connectivity index (χ0) is 19.2. The highest BCUT2D eigenvalue weighted by molar-refractivity contribution is 5.82. The van der Waals surface area contributed by atoms with Gasteiger partial charge in [0.1, 0.15) is 0 Å². The smallest absolute Gasteiger partial charge is 0.279 e. The Morgan fingerprint density at radius 2 is 1.78 bits per heavy atom. The molecule has 0 fully saturated rings. The molecule has 0 aliphatic carbocycles. The first-order valence-electron chi connectivity index (χ1n) is 7.89. The van der Waals surface area contributed by atoms with Gasteiger partial charge in [-0.3, -0.25) is 9.78 Å². The molecule has 0 amide bonds. The van der Waals surface area contributed by atoms with Gasteiger partial charge in [-0.05, 0) is 12.1 Å². The molecule has 0 unspecified atom stereocenters. The van der Waals surface area contributed by atoms with Gasteiger partial charge in [0.25, 0.3) is 5.56 Å². The second-order valence-electron chi connectivity index (χ2n) is 5.36. The van der Waals surface area contributed by atoms with Crippen molar-refractivity contribution in [1.29, 1.82) is 0 Å². The molecule has 1 aromatic heterocycles. The van der Waals surface area contributed by atoms with Crippen molar-refractivity contribution in [2.75, 3.05) is 19.6 Å². The van der Waals surface area contributed by atoms with E-state index in [0.29, 0.717) is 11.1 Å². The first-order valence-corrected chi connectivity index (χ1v) is 7.89. The van der Waals surface area contributed by atoms with Crippen LogP contribution in [0.1, 0.15) is 5.56 Å². The number of aromatic hydroxyl groups is 1. The highest BCUT2D eigenvalue weighted by atomic mass is 16.5. The summed E-state index contributed by atoms with van der Waals surface area (Å²) in [4.78, 5) is 14.7. The fourth-order valence-corrected chi connectivity index (χ4v) is 2.33. The number of nitrogens with one attached hydrogen (secondary N) is 2.